The highest BCUT2D eigenvalue weighted by Crippen LogP contribution is 2.08. The fourth-order valence-corrected chi connectivity index (χ4v) is 1.09. The van der Waals surface area contributed by atoms with Gasteiger partial charge in [-0.25, -0.2) is 0 Å². The lowest BCUT2D eigenvalue weighted by molar-refractivity contribution is -0.127. The van der Waals surface area contributed by atoms with E-state index in [0.29, 0.717) is 18.9 Å². The van der Waals surface area contributed by atoms with E-state index in [9.17, 15) is 4.79 Å². The molecule has 1 N–H and O–H groups in total. The average Bonchev–Trinajstić information content (AvgIpc) is 2.30. The molecule has 5 nitrogen and oxygen atoms in total. The Morgan fingerprint density at radius 3 is 3.06 bits per heavy atom. The van der Waals surface area contributed by atoms with Gasteiger partial charge in [0.05, 0.1) is 12.8 Å². The minimum Gasteiger partial charge on any atom is -0.479 e. The Kier molecular flexibility index (Phi) is 5.28. The predicted octanol–water partition coefficient (Wildman–Crippen LogP) is 0.611. The van der Waals surface area contributed by atoms with Gasteiger partial charge >= 0.3 is 0 Å². The molecule has 0 fully saturated rings. The number of amides is 1. The second-order valence-corrected chi connectivity index (χ2v) is 3.23. The molecule has 0 aliphatic carbocycles. The van der Waals surface area contributed by atoms with Crippen LogP contribution in [0.2, 0.25) is 0 Å². The lowest BCUT2D eigenvalue weighted by atomic mass is 10.3. The van der Waals surface area contributed by atoms with Crippen LogP contribution in [0.4, 0.5) is 0 Å². The lowest BCUT2D eigenvalue weighted by Gasteiger charge is -2.13. The Morgan fingerprint density at radius 2 is 2.44 bits per heavy atom. The van der Waals surface area contributed by atoms with Crippen LogP contribution in [0.15, 0.2) is 24.5 Å². The van der Waals surface area contributed by atoms with E-state index >= 15 is 0 Å². The van der Waals surface area contributed by atoms with E-state index in [1.54, 1.807) is 38.6 Å². The fourth-order valence-electron chi connectivity index (χ4n) is 1.09. The SMILES string of the molecule is COCCNC(=O)C(C)Oc1cccnc1. The van der Waals surface area contributed by atoms with Gasteiger partial charge in [0.1, 0.15) is 5.75 Å². The van der Waals surface area contributed by atoms with E-state index in [2.05, 4.69) is 10.3 Å². The largest absolute Gasteiger partial charge is 0.479 e. The van der Waals surface area contributed by atoms with Gasteiger partial charge < -0.3 is 14.8 Å². The van der Waals surface area contributed by atoms with E-state index < -0.39 is 6.10 Å². The van der Waals surface area contributed by atoms with E-state index in [1.165, 1.54) is 0 Å². The van der Waals surface area contributed by atoms with Crippen LogP contribution >= 0.6 is 0 Å². The summed E-state index contributed by atoms with van der Waals surface area (Å²) in [6, 6.07) is 3.51. The van der Waals surface area contributed by atoms with Crippen LogP contribution in [0.1, 0.15) is 6.92 Å². The van der Waals surface area contributed by atoms with Crippen molar-refractivity contribution in [1.29, 1.82) is 0 Å². The molecule has 0 bridgehead atoms. The summed E-state index contributed by atoms with van der Waals surface area (Å²) in [5.74, 6) is 0.415. The highest BCUT2D eigenvalue weighted by Gasteiger charge is 2.13. The van der Waals surface area contributed by atoms with Crippen LogP contribution in [0.3, 0.4) is 0 Å². The van der Waals surface area contributed by atoms with Crippen molar-refractivity contribution in [3.8, 4) is 5.75 Å². The van der Waals surface area contributed by atoms with Gasteiger partial charge in [0.25, 0.3) is 5.91 Å². The molecule has 1 unspecified atom stereocenters. The molecule has 88 valence electrons. The topological polar surface area (TPSA) is 60.5 Å². The Bertz CT molecular complexity index is 316. The van der Waals surface area contributed by atoms with Crippen molar-refractivity contribution in [3.63, 3.8) is 0 Å². The zero-order valence-electron chi connectivity index (χ0n) is 9.47. The van der Waals surface area contributed by atoms with Crippen molar-refractivity contribution in [2.75, 3.05) is 20.3 Å². The zero-order valence-corrected chi connectivity index (χ0v) is 9.47. The lowest BCUT2D eigenvalue weighted by Crippen LogP contribution is -2.37. The number of methoxy groups -OCH3 is 1. The number of pyridine rings is 1. The summed E-state index contributed by atoms with van der Waals surface area (Å²) in [5, 5.41) is 2.69. The van der Waals surface area contributed by atoms with E-state index in [1.807, 2.05) is 0 Å². The van der Waals surface area contributed by atoms with Gasteiger partial charge in [0.15, 0.2) is 6.10 Å². The van der Waals surface area contributed by atoms with Crippen molar-refractivity contribution in [2.45, 2.75) is 13.0 Å². The quantitative estimate of drug-likeness (QED) is 0.719. The first-order valence-corrected chi connectivity index (χ1v) is 5.07. The summed E-state index contributed by atoms with van der Waals surface area (Å²) in [7, 11) is 1.59. The molecule has 1 rings (SSSR count). The molecule has 1 amide bonds. The van der Waals surface area contributed by atoms with E-state index in [4.69, 9.17) is 9.47 Å². The van der Waals surface area contributed by atoms with Gasteiger partial charge in [-0.05, 0) is 19.1 Å². The number of ether oxygens (including phenoxy) is 2. The molecule has 1 heterocycles. The summed E-state index contributed by atoms with van der Waals surface area (Å²) < 4.78 is 10.2. The van der Waals surface area contributed by atoms with Crippen LogP contribution in [0, 0.1) is 0 Å². The Labute approximate surface area is 94.8 Å². The third-order valence-corrected chi connectivity index (χ3v) is 1.92. The van der Waals surface area contributed by atoms with Gasteiger partial charge in [-0.3, -0.25) is 9.78 Å². The van der Waals surface area contributed by atoms with Crippen molar-refractivity contribution in [3.05, 3.63) is 24.5 Å². The summed E-state index contributed by atoms with van der Waals surface area (Å²) in [6.45, 7) is 2.66. The normalized spacial score (nSPS) is 11.9. The minimum absolute atomic E-state index is 0.166. The van der Waals surface area contributed by atoms with Gasteiger partial charge in [-0.2, -0.15) is 0 Å². The number of rotatable bonds is 6. The fraction of sp³-hybridized carbons (Fsp3) is 0.455. The predicted molar refractivity (Wildman–Crippen MR) is 59.2 cm³/mol. The molecule has 0 spiro atoms. The monoisotopic (exact) mass is 224 g/mol. The van der Waals surface area contributed by atoms with Crippen LogP contribution < -0.4 is 10.1 Å². The minimum atomic E-state index is -0.541. The number of aromatic nitrogens is 1. The van der Waals surface area contributed by atoms with Gasteiger partial charge in [-0.1, -0.05) is 0 Å². The van der Waals surface area contributed by atoms with Gasteiger partial charge in [0, 0.05) is 19.9 Å². The Morgan fingerprint density at radius 1 is 1.62 bits per heavy atom. The number of nitrogens with one attached hydrogen (secondary N) is 1. The van der Waals surface area contributed by atoms with Crippen molar-refractivity contribution in [2.24, 2.45) is 0 Å². The van der Waals surface area contributed by atoms with E-state index in [0.717, 1.165) is 0 Å². The number of hydrogen-bond acceptors (Lipinski definition) is 4. The van der Waals surface area contributed by atoms with Gasteiger partial charge in [-0.15, -0.1) is 0 Å². The number of carbonyl (C=O) groups excluding carboxylic acids is 1. The second kappa shape index (κ2) is 6.79. The van der Waals surface area contributed by atoms with Crippen LogP contribution in [-0.4, -0.2) is 37.3 Å². The third-order valence-electron chi connectivity index (χ3n) is 1.92. The number of nitrogens with zero attached hydrogens (tertiary/aromatic N) is 1. The van der Waals surface area contributed by atoms with Crippen LogP contribution in [-0.2, 0) is 9.53 Å². The molecule has 1 aromatic rings. The first-order chi connectivity index (χ1) is 7.74. The van der Waals surface area contributed by atoms with Crippen molar-refractivity contribution >= 4 is 5.91 Å². The van der Waals surface area contributed by atoms with Crippen molar-refractivity contribution < 1.29 is 14.3 Å². The Hall–Kier alpha value is -1.62. The highest BCUT2D eigenvalue weighted by molar-refractivity contribution is 5.80. The maximum absolute atomic E-state index is 11.5. The summed E-state index contributed by atoms with van der Waals surface area (Å²) in [4.78, 5) is 15.4. The molecule has 0 saturated carbocycles. The summed E-state index contributed by atoms with van der Waals surface area (Å²) in [6.07, 6.45) is 2.68. The zero-order chi connectivity index (χ0) is 11.8. The number of carbonyl (C=O) groups is 1. The molecule has 0 aliphatic rings. The molecule has 0 radical (unpaired) electrons. The van der Waals surface area contributed by atoms with Crippen LogP contribution in [0.5, 0.6) is 5.75 Å². The summed E-state index contributed by atoms with van der Waals surface area (Å²) >= 11 is 0. The smallest absolute Gasteiger partial charge is 0.260 e. The first-order valence-electron chi connectivity index (χ1n) is 5.07. The second-order valence-electron chi connectivity index (χ2n) is 3.23. The van der Waals surface area contributed by atoms with E-state index in [-0.39, 0.29) is 5.91 Å². The maximum Gasteiger partial charge on any atom is 0.260 e. The molecule has 1 atom stereocenters. The molecule has 5 heteroatoms. The maximum atomic E-state index is 11.5. The standard InChI is InChI=1S/C11H16N2O3/c1-9(11(14)13-6-7-15-2)16-10-4-3-5-12-8-10/h3-5,8-9H,6-7H2,1-2H3,(H,13,14). The Balaban J connectivity index is 2.34. The first kappa shape index (κ1) is 12.4. The molecule has 0 aliphatic heterocycles. The highest BCUT2D eigenvalue weighted by atomic mass is 16.5. The molecule has 1 aromatic heterocycles. The van der Waals surface area contributed by atoms with Crippen molar-refractivity contribution in [1.82, 2.24) is 10.3 Å². The molecule has 0 saturated heterocycles. The van der Waals surface area contributed by atoms with Crippen LogP contribution in [0.25, 0.3) is 0 Å². The number of hydrogen-bond donors (Lipinski definition) is 1. The molecular formula is C11H16N2O3. The molecule has 16 heavy (non-hydrogen) atoms. The third kappa shape index (κ3) is 4.27. The van der Waals surface area contributed by atoms with Gasteiger partial charge in [0.2, 0.25) is 0 Å². The molecule has 0 aromatic carbocycles. The summed E-state index contributed by atoms with van der Waals surface area (Å²) in [5.41, 5.74) is 0. The molecular weight excluding hydrogens is 208 g/mol. The average molecular weight is 224 g/mol.